The molecule has 0 saturated heterocycles. The van der Waals surface area contributed by atoms with Gasteiger partial charge in [-0.05, 0) is 30.5 Å². The van der Waals surface area contributed by atoms with Gasteiger partial charge in [-0.1, -0.05) is 30.3 Å². The highest BCUT2D eigenvalue weighted by molar-refractivity contribution is 5.99. The number of Topliss-reactive ketones (excluding diaryl/α,β-unsaturated/α-hetero) is 1. The molecule has 6 heteroatoms. The Balaban J connectivity index is 1.69. The largest absolute Gasteiger partial charge is 0.328 e. The number of pyridine rings is 1. The van der Waals surface area contributed by atoms with E-state index in [1.807, 2.05) is 47.1 Å². The molecule has 0 saturated carbocycles. The van der Waals surface area contributed by atoms with Crippen LogP contribution in [-0.2, 0) is 4.79 Å². The standard InChI is InChI=1S/C20H17N5O/c26-16-10-4-9-15-17(16)18(13-6-2-1-3-7-13)25-20(22-15)23-19(24-25)14-8-5-11-21-12-14/h1-3,5-8,11-12,18H,4,9-10H2,(H,22,23,24). The number of rotatable bonds is 2. The molecule has 3 aromatic rings. The summed E-state index contributed by atoms with van der Waals surface area (Å²) in [6.07, 6.45) is 5.79. The lowest BCUT2D eigenvalue weighted by molar-refractivity contribution is -0.116. The fourth-order valence-corrected chi connectivity index (χ4v) is 3.72. The summed E-state index contributed by atoms with van der Waals surface area (Å²) >= 11 is 0. The zero-order chi connectivity index (χ0) is 17.5. The van der Waals surface area contributed by atoms with Crippen LogP contribution in [0.25, 0.3) is 11.4 Å². The Hall–Kier alpha value is -3.28. The molecule has 2 aromatic heterocycles. The van der Waals surface area contributed by atoms with Crippen molar-refractivity contribution in [1.82, 2.24) is 19.7 Å². The molecule has 1 aliphatic carbocycles. The summed E-state index contributed by atoms with van der Waals surface area (Å²) in [6.45, 7) is 0. The maximum absolute atomic E-state index is 12.7. The third-order valence-corrected chi connectivity index (χ3v) is 4.90. The van der Waals surface area contributed by atoms with Crippen molar-refractivity contribution in [3.63, 3.8) is 0 Å². The van der Waals surface area contributed by atoms with Crippen LogP contribution in [0.3, 0.4) is 0 Å². The van der Waals surface area contributed by atoms with Crippen LogP contribution < -0.4 is 5.32 Å². The summed E-state index contributed by atoms with van der Waals surface area (Å²) in [7, 11) is 0. The number of carbonyl (C=O) groups is 1. The Kier molecular flexibility index (Phi) is 3.41. The first-order valence-electron chi connectivity index (χ1n) is 8.76. The van der Waals surface area contributed by atoms with Crippen molar-refractivity contribution >= 4 is 11.7 Å². The predicted molar refractivity (Wildman–Crippen MR) is 97.3 cm³/mol. The van der Waals surface area contributed by atoms with E-state index in [0.717, 1.165) is 35.2 Å². The molecule has 0 fully saturated rings. The number of nitrogens with one attached hydrogen (secondary N) is 1. The first kappa shape index (κ1) is 15.0. The van der Waals surface area contributed by atoms with Crippen molar-refractivity contribution in [3.8, 4) is 11.4 Å². The van der Waals surface area contributed by atoms with Crippen LogP contribution in [0.2, 0.25) is 0 Å². The normalized spacial score (nSPS) is 18.9. The molecule has 26 heavy (non-hydrogen) atoms. The molecule has 1 atom stereocenters. The number of hydrogen-bond donors (Lipinski definition) is 1. The minimum atomic E-state index is -0.242. The van der Waals surface area contributed by atoms with Crippen LogP contribution in [0.15, 0.2) is 66.1 Å². The van der Waals surface area contributed by atoms with Gasteiger partial charge in [0.2, 0.25) is 5.95 Å². The lowest BCUT2D eigenvalue weighted by Crippen LogP contribution is -2.31. The van der Waals surface area contributed by atoms with Crippen LogP contribution in [0, 0.1) is 0 Å². The summed E-state index contributed by atoms with van der Waals surface area (Å²) in [5.74, 6) is 1.47. The molecule has 6 nitrogen and oxygen atoms in total. The number of allylic oxidation sites excluding steroid dienone is 2. The van der Waals surface area contributed by atoms with Gasteiger partial charge in [0.05, 0.1) is 0 Å². The maximum Gasteiger partial charge on any atom is 0.226 e. The summed E-state index contributed by atoms with van der Waals surface area (Å²) in [5.41, 5.74) is 3.69. The van der Waals surface area contributed by atoms with E-state index in [1.165, 1.54) is 0 Å². The van der Waals surface area contributed by atoms with E-state index < -0.39 is 0 Å². The van der Waals surface area contributed by atoms with Crippen LogP contribution in [0.1, 0.15) is 30.9 Å². The highest BCUT2D eigenvalue weighted by Gasteiger charge is 2.36. The Labute approximate surface area is 150 Å². The van der Waals surface area contributed by atoms with Crippen molar-refractivity contribution in [2.45, 2.75) is 25.3 Å². The number of nitrogens with zero attached hydrogens (tertiary/aromatic N) is 4. The van der Waals surface area contributed by atoms with Gasteiger partial charge in [0, 0.05) is 35.6 Å². The van der Waals surface area contributed by atoms with Crippen LogP contribution in [-0.4, -0.2) is 25.5 Å². The molecular formula is C20H17N5O. The van der Waals surface area contributed by atoms with Gasteiger partial charge in [-0.2, -0.15) is 4.98 Å². The average molecular weight is 343 g/mol. The van der Waals surface area contributed by atoms with Gasteiger partial charge in [-0.3, -0.25) is 9.78 Å². The van der Waals surface area contributed by atoms with Crippen molar-refractivity contribution < 1.29 is 4.79 Å². The molecule has 2 aliphatic rings. The summed E-state index contributed by atoms with van der Waals surface area (Å²) in [4.78, 5) is 21.6. The second kappa shape index (κ2) is 5.91. The number of anilines is 1. The zero-order valence-electron chi connectivity index (χ0n) is 14.1. The lowest BCUT2D eigenvalue weighted by Gasteiger charge is -2.32. The van der Waals surface area contributed by atoms with Gasteiger partial charge in [0.1, 0.15) is 6.04 Å². The van der Waals surface area contributed by atoms with E-state index in [9.17, 15) is 4.79 Å². The summed E-state index contributed by atoms with van der Waals surface area (Å²) < 4.78 is 1.83. The molecule has 0 spiro atoms. The Morgan fingerprint density at radius 2 is 1.96 bits per heavy atom. The second-order valence-electron chi connectivity index (χ2n) is 6.55. The first-order valence-corrected chi connectivity index (χ1v) is 8.76. The van der Waals surface area contributed by atoms with Crippen LogP contribution in [0.4, 0.5) is 5.95 Å². The molecule has 1 unspecified atom stereocenters. The Morgan fingerprint density at radius 3 is 2.77 bits per heavy atom. The van der Waals surface area contributed by atoms with E-state index in [2.05, 4.69) is 15.3 Å². The molecule has 5 rings (SSSR count). The average Bonchev–Trinajstić information content (AvgIpc) is 3.12. The monoisotopic (exact) mass is 343 g/mol. The number of hydrogen-bond acceptors (Lipinski definition) is 5. The van der Waals surface area contributed by atoms with Gasteiger partial charge >= 0.3 is 0 Å². The smallest absolute Gasteiger partial charge is 0.226 e. The Morgan fingerprint density at radius 1 is 1.08 bits per heavy atom. The molecule has 1 aliphatic heterocycles. The first-order chi connectivity index (χ1) is 12.8. The van der Waals surface area contributed by atoms with E-state index in [4.69, 9.17) is 5.10 Å². The van der Waals surface area contributed by atoms with Crippen LogP contribution >= 0.6 is 0 Å². The third-order valence-electron chi connectivity index (χ3n) is 4.90. The summed E-state index contributed by atoms with van der Waals surface area (Å²) in [6, 6.07) is 13.6. The Bertz CT molecular complexity index is 1010. The fraction of sp³-hybridized carbons (Fsp3) is 0.200. The minimum absolute atomic E-state index is 0.191. The zero-order valence-corrected chi connectivity index (χ0v) is 14.1. The number of ketones is 1. The molecule has 128 valence electrons. The molecule has 0 amide bonds. The summed E-state index contributed by atoms with van der Waals surface area (Å²) in [5, 5.41) is 8.07. The van der Waals surface area contributed by atoms with Crippen LogP contribution in [0.5, 0.6) is 0 Å². The predicted octanol–water partition coefficient (Wildman–Crippen LogP) is 3.36. The molecule has 3 heterocycles. The highest BCUT2D eigenvalue weighted by atomic mass is 16.1. The van der Waals surface area contributed by atoms with Crippen molar-refractivity contribution in [1.29, 1.82) is 0 Å². The number of aromatic nitrogens is 4. The maximum atomic E-state index is 12.7. The van der Waals surface area contributed by atoms with Gasteiger partial charge in [0.15, 0.2) is 11.6 Å². The van der Waals surface area contributed by atoms with Gasteiger partial charge in [-0.25, -0.2) is 4.68 Å². The van der Waals surface area contributed by atoms with Crippen molar-refractivity contribution in [2.24, 2.45) is 0 Å². The topological polar surface area (TPSA) is 72.7 Å². The van der Waals surface area contributed by atoms with E-state index in [0.29, 0.717) is 18.2 Å². The molecule has 0 bridgehead atoms. The van der Waals surface area contributed by atoms with E-state index >= 15 is 0 Å². The number of benzene rings is 1. The second-order valence-corrected chi connectivity index (χ2v) is 6.55. The molecule has 1 N–H and O–H groups in total. The van der Waals surface area contributed by atoms with Crippen molar-refractivity contribution in [2.75, 3.05) is 5.32 Å². The van der Waals surface area contributed by atoms with Crippen molar-refractivity contribution in [3.05, 3.63) is 71.7 Å². The third kappa shape index (κ3) is 2.34. The SMILES string of the molecule is O=C1CCCC2=C1C(c1ccccc1)n1nc(-c3cccnc3)nc1N2. The highest BCUT2D eigenvalue weighted by Crippen LogP contribution is 2.40. The molecule has 0 radical (unpaired) electrons. The fourth-order valence-electron chi connectivity index (χ4n) is 3.72. The lowest BCUT2D eigenvalue weighted by atomic mass is 9.85. The number of carbonyl (C=O) groups excluding carboxylic acids is 1. The molecular weight excluding hydrogens is 326 g/mol. The van der Waals surface area contributed by atoms with Gasteiger partial charge in [0.25, 0.3) is 0 Å². The molecule has 1 aromatic carbocycles. The van der Waals surface area contributed by atoms with Gasteiger partial charge < -0.3 is 5.32 Å². The van der Waals surface area contributed by atoms with E-state index in [-0.39, 0.29) is 11.8 Å². The number of fused-ring (bicyclic) bond motifs is 1. The quantitative estimate of drug-likeness (QED) is 0.772. The minimum Gasteiger partial charge on any atom is -0.328 e. The van der Waals surface area contributed by atoms with E-state index in [1.54, 1.807) is 12.4 Å². The van der Waals surface area contributed by atoms with Gasteiger partial charge in [-0.15, -0.1) is 5.10 Å².